The number of nitro groups is 1. The Labute approximate surface area is 160 Å². The number of carbonyl (C=O) groups is 2. The van der Waals surface area contributed by atoms with Crippen molar-refractivity contribution in [2.45, 2.75) is 12.8 Å². The van der Waals surface area contributed by atoms with Crippen LogP contribution < -0.4 is 5.32 Å². The summed E-state index contributed by atoms with van der Waals surface area (Å²) < 4.78 is 29.1. The number of piperidine rings is 1. The summed E-state index contributed by atoms with van der Waals surface area (Å²) in [5.74, 6) is -1.84. The van der Waals surface area contributed by atoms with Gasteiger partial charge in [-0.3, -0.25) is 19.7 Å². The van der Waals surface area contributed by atoms with Gasteiger partial charge in [0.15, 0.2) is 6.61 Å². The predicted molar refractivity (Wildman–Crippen MR) is 96.8 cm³/mol. The van der Waals surface area contributed by atoms with Crippen molar-refractivity contribution in [1.29, 1.82) is 0 Å². The van der Waals surface area contributed by atoms with E-state index in [0.29, 0.717) is 12.8 Å². The Morgan fingerprint density at radius 1 is 1.37 bits per heavy atom. The fourth-order valence-corrected chi connectivity index (χ4v) is 3.67. The minimum absolute atomic E-state index is 0.0630. The molecule has 10 nitrogen and oxygen atoms in total. The van der Waals surface area contributed by atoms with Gasteiger partial charge in [-0.2, -0.15) is 0 Å². The zero-order valence-electron chi connectivity index (χ0n) is 14.4. The summed E-state index contributed by atoms with van der Waals surface area (Å²) in [5.41, 5.74) is -0.442. The quantitative estimate of drug-likeness (QED) is 0.418. The Morgan fingerprint density at radius 2 is 2.00 bits per heavy atom. The lowest BCUT2D eigenvalue weighted by Gasteiger charge is -2.28. The van der Waals surface area contributed by atoms with Gasteiger partial charge in [0.2, 0.25) is 10.0 Å². The number of ether oxygens (including phenoxy) is 1. The van der Waals surface area contributed by atoms with Crippen LogP contribution >= 0.6 is 11.6 Å². The smallest absolute Gasteiger partial charge is 0.309 e. The molecule has 1 fully saturated rings. The zero-order chi connectivity index (χ0) is 20.2. The van der Waals surface area contributed by atoms with Crippen LogP contribution in [-0.2, 0) is 24.3 Å². The molecule has 0 spiro atoms. The SMILES string of the molecule is CS(=O)(=O)N1CCC(C(=O)OCC(=O)Nc2ccc(Cl)cc2[N+](=O)[O-])CC1. The van der Waals surface area contributed by atoms with Crippen molar-refractivity contribution in [1.82, 2.24) is 4.31 Å². The number of benzene rings is 1. The first kappa shape index (κ1) is 21.1. The molecule has 0 unspecified atom stereocenters. The van der Waals surface area contributed by atoms with Crippen LogP contribution in [-0.4, -0.2) is 55.5 Å². The third-order valence-corrected chi connectivity index (χ3v) is 5.57. The fraction of sp³-hybridized carbons (Fsp3) is 0.467. The van der Waals surface area contributed by atoms with Gasteiger partial charge in [-0.25, -0.2) is 12.7 Å². The van der Waals surface area contributed by atoms with Gasteiger partial charge in [-0.1, -0.05) is 11.6 Å². The predicted octanol–water partition coefficient (Wildman–Crippen LogP) is 1.40. The van der Waals surface area contributed by atoms with Crippen LogP contribution in [0.15, 0.2) is 18.2 Å². The van der Waals surface area contributed by atoms with Crippen LogP contribution in [0.3, 0.4) is 0 Å². The van der Waals surface area contributed by atoms with Crippen LogP contribution in [0.4, 0.5) is 11.4 Å². The van der Waals surface area contributed by atoms with Gasteiger partial charge in [0, 0.05) is 24.2 Å². The van der Waals surface area contributed by atoms with Crippen molar-refractivity contribution in [3.05, 3.63) is 33.3 Å². The first-order chi connectivity index (χ1) is 12.6. The molecule has 0 aliphatic carbocycles. The van der Waals surface area contributed by atoms with Crippen LogP contribution in [0.1, 0.15) is 12.8 Å². The maximum absolute atomic E-state index is 12.0. The number of hydrogen-bond acceptors (Lipinski definition) is 7. The Morgan fingerprint density at radius 3 is 2.56 bits per heavy atom. The first-order valence-electron chi connectivity index (χ1n) is 7.93. The number of sulfonamides is 1. The van der Waals surface area contributed by atoms with Crippen molar-refractivity contribution in [2.75, 3.05) is 31.3 Å². The lowest BCUT2D eigenvalue weighted by molar-refractivity contribution is -0.383. The highest BCUT2D eigenvalue weighted by Gasteiger charge is 2.30. The summed E-state index contributed by atoms with van der Waals surface area (Å²) in [7, 11) is -3.30. The lowest BCUT2D eigenvalue weighted by Crippen LogP contribution is -2.40. The summed E-state index contributed by atoms with van der Waals surface area (Å²) in [6.45, 7) is -0.186. The molecule has 27 heavy (non-hydrogen) atoms. The molecule has 2 rings (SSSR count). The summed E-state index contributed by atoms with van der Waals surface area (Å²) in [5, 5.41) is 13.4. The molecule has 1 aliphatic heterocycles. The Kier molecular flexibility index (Phi) is 6.73. The molecule has 1 aliphatic rings. The van der Waals surface area contributed by atoms with Crippen LogP contribution in [0, 0.1) is 16.0 Å². The maximum Gasteiger partial charge on any atom is 0.309 e. The van der Waals surface area contributed by atoms with Crippen LogP contribution in [0.5, 0.6) is 0 Å². The summed E-state index contributed by atoms with van der Waals surface area (Å²) in [4.78, 5) is 34.2. The van der Waals surface area contributed by atoms with Crippen molar-refractivity contribution >= 4 is 44.9 Å². The number of anilines is 1. The summed E-state index contributed by atoms with van der Waals surface area (Å²) >= 11 is 5.70. The Balaban J connectivity index is 1.86. The second kappa shape index (κ2) is 8.63. The number of nitrogens with one attached hydrogen (secondary N) is 1. The largest absolute Gasteiger partial charge is 0.455 e. The monoisotopic (exact) mass is 419 g/mol. The van der Waals surface area contributed by atoms with E-state index in [9.17, 15) is 28.1 Å². The van der Waals surface area contributed by atoms with E-state index in [1.54, 1.807) is 0 Å². The molecule has 1 aromatic rings. The van der Waals surface area contributed by atoms with Gasteiger partial charge in [0.05, 0.1) is 17.1 Å². The number of rotatable bonds is 6. The van der Waals surface area contributed by atoms with Gasteiger partial charge in [-0.05, 0) is 25.0 Å². The molecule has 0 radical (unpaired) electrons. The third-order valence-electron chi connectivity index (χ3n) is 4.03. The third kappa shape index (κ3) is 5.88. The first-order valence-corrected chi connectivity index (χ1v) is 10.2. The van der Waals surface area contributed by atoms with Gasteiger partial charge >= 0.3 is 5.97 Å². The van der Waals surface area contributed by atoms with E-state index in [0.717, 1.165) is 12.3 Å². The van der Waals surface area contributed by atoms with E-state index in [-0.39, 0.29) is 29.5 Å². The highest BCUT2D eigenvalue weighted by molar-refractivity contribution is 7.88. The Bertz CT molecular complexity index is 851. The minimum atomic E-state index is -3.30. The van der Waals surface area contributed by atoms with E-state index >= 15 is 0 Å². The molecule has 0 bridgehead atoms. The van der Waals surface area contributed by atoms with Crippen LogP contribution in [0.2, 0.25) is 5.02 Å². The number of nitro benzene ring substituents is 1. The standard InChI is InChI=1S/C15H18ClN3O7S/c1-27(24,25)18-6-4-10(5-7-18)15(21)26-9-14(20)17-12-3-2-11(16)8-13(12)19(22)23/h2-3,8,10H,4-7,9H2,1H3,(H,17,20). The minimum Gasteiger partial charge on any atom is -0.455 e. The lowest BCUT2D eigenvalue weighted by atomic mass is 9.98. The molecular weight excluding hydrogens is 402 g/mol. The normalized spacial score (nSPS) is 15.9. The number of hydrogen-bond donors (Lipinski definition) is 1. The van der Waals surface area contributed by atoms with E-state index < -0.39 is 39.3 Å². The Hall–Kier alpha value is -2.24. The zero-order valence-corrected chi connectivity index (χ0v) is 16.0. The molecule has 1 amide bonds. The highest BCUT2D eigenvalue weighted by atomic mass is 35.5. The van der Waals surface area contributed by atoms with Crippen molar-refractivity contribution in [3.8, 4) is 0 Å². The molecule has 1 aromatic carbocycles. The number of halogens is 1. The van der Waals surface area contributed by atoms with Crippen molar-refractivity contribution in [2.24, 2.45) is 5.92 Å². The maximum atomic E-state index is 12.0. The van der Waals surface area contributed by atoms with Gasteiger partial charge in [-0.15, -0.1) is 0 Å². The van der Waals surface area contributed by atoms with Crippen molar-refractivity contribution in [3.63, 3.8) is 0 Å². The average molecular weight is 420 g/mol. The average Bonchev–Trinajstić information content (AvgIpc) is 2.60. The van der Waals surface area contributed by atoms with E-state index in [4.69, 9.17) is 16.3 Å². The van der Waals surface area contributed by atoms with Gasteiger partial charge in [0.1, 0.15) is 5.69 Å². The second-order valence-corrected chi connectivity index (χ2v) is 8.43. The second-order valence-electron chi connectivity index (χ2n) is 6.01. The van der Waals surface area contributed by atoms with Crippen molar-refractivity contribution < 1.29 is 27.7 Å². The molecule has 1 N–H and O–H groups in total. The number of esters is 1. The number of carbonyl (C=O) groups excluding carboxylic acids is 2. The summed E-state index contributed by atoms with van der Waals surface area (Å²) in [6.07, 6.45) is 1.71. The highest BCUT2D eigenvalue weighted by Crippen LogP contribution is 2.27. The molecule has 1 saturated heterocycles. The van der Waals surface area contributed by atoms with Gasteiger partial charge in [0.25, 0.3) is 11.6 Å². The number of amides is 1. The van der Waals surface area contributed by atoms with Crippen LogP contribution in [0.25, 0.3) is 0 Å². The van der Waals surface area contributed by atoms with Gasteiger partial charge < -0.3 is 10.1 Å². The number of nitrogens with zero attached hydrogens (tertiary/aromatic N) is 2. The van der Waals surface area contributed by atoms with E-state index in [2.05, 4.69) is 5.32 Å². The van der Waals surface area contributed by atoms with E-state index in [1.165, 1.54) is 16.4 Å². The van der Waals surface area contributed by atoms with E-state index in [1.807, 2.05) is 0 Å². The topological polar surface area (TPSA) is 136 Å². The summed E-state index contributed by atoms with van der Waals surface area (Å²) in [6, 6.07) is 3.76. The molecular formula is C15H18ClN3O7S. The molecule has 0 atom stereocenters. The molecule has 1 heterocycles. The molecule has 148 valence electrons. The fourth-order valence-electron chi connectivity index (χ4n) is 2.63. The molecule has 12 heteroatoms. The molecule has 0 aromatic heterocycles. The molecule has 0 saturated carbocycles.